The Bertz CT molecular complexity index is 198. The molecule has 0 heterocycles. The molecule has 48 valence electrons. The Hall–Kier alpha value is -0.383. The Kier molecular flexibility index (Phi) is 4.27. The zero-order valence-electron chi connectivity index (χ0n) is 6.64. The topological polar surface area (TPSA) is 9.23 Å². The number of ether oxygens (including phenoxy) is 1. The van der Waals surface area contributed by atoms with Crippen LogP contribution in [0.3, 0.4) is 0 Å². The smallest absolute Gasteiger partial charge is 0.522 e. The van der Waals surface area contributed by atoms with E-state index in [4.69, 9.17) is 4.74 Å². The number of hydrogen-bond acceptors (Lipinski definition) is 1. The van der Waals surface area contributed by atoms with Gasteiger partial charge in [0.25, 0.3) is 0 Å². The van der Waals surface area contributed by atoms with Gasteiger partial charge in [0.1, 0.15) is 0 Å². The normalized spacial score (nSPS) is 8.20. The first kappa shape index (κ1) is 9.62. The van der Waals surface area contributed by atoms with E-state index in [9.17, 15) is 0 Å². The Balaban J connectivity index is 0.000000810. The second-order valence-corrected chi connectivity index (χ2v) is 1.90. The van der Waals surface area contributed by atoms with Gasteiger partial charge in [-0.25, -0.2) is 0 Å². The van der Waals surface area contributed by atoms with Crippen molar-refractivity contribution in [3.05, 3.63) is 29.8 Å². The average molecular weight is 128 g/mol. The van der Waals surface area contributed by atoms with Crippen LogP contribution in [0.1, 0.15) is 5.56 Å². The van der Waals surface area contributed by atoms with E-state index < -0.39 is 0 Å². The second-order valence-electron chi connectivity index (χ2n) is 1.90. The molecule has 0 saturated heterocycles. The Morgan fingerprint density at radius 3 is 2.60 bits per heavy atom. The number of rotatable bonds is 1. The van der Waals surface area contributed by atoms with E-state index in [0.29, 0.717) is 0 Å². The summed E-state index contributed by atoms with van der Waals surface area (Å²) in [7, 11) is 1.67. The molecule has 0 amide bonds. The second kappa shape index (κ2) is 4.44. The molecule has 0 aromatic heterocycles. The fourth-order valence-corrected chi connectivity index (χ4v) is 0.729. The van der Waals surface area contributed by atoms with Crippen LogP contribution in [0.4, 0.5) is 0 Å². The predicted molar refractivity (Wildman–Crippen MR) is 36.6 cm³/mol. The number of benzene rings is 1. The molecule has 0 aliphatic carbocycles. The van der Waals surface area contributed by atoms with Crippen LogP contribution in [0.2, 0.25) is 0 Å². The van der Waals surface area contributed by atoms with E-state index in [0.717, 1.165) is 11.3 Å². The quantitative estimate of drug-likeness (QED) is 0.341. The Morgan fingerprint density at radius 1 is 1.50 bits per heavy atom. The molecule has 0 saturated carbocycles. The van der Waals surface area contributed by atoms with Crippen molar-refractivity contribution in [1.82, 2.24) is 0 Å². The van der Waals surface area contributed by atoms with Crippen molar-refractivity contribution in [1.29, 1.82) is 0 Å². The van der Waals surface area contributed by atoms with Crippen LogP contribution in [0.15, 0.2) is 18.2 Å². The number of aryl methyl sites for hydroxylation is 1. The molecule has 1 aromatic rings. The van der Waals surface area contributed by atoms with Gasteiger partial charge in [0.05, 0.1) is 7.11 Å². The largest absolute Gasteiger partial charge is 1.00 e. The van der Waals surface area contributed by atoms with Gasteiger partial charge in [0.2, 0.25) is 0 Å². The van der Waals surface area contributed by atoms with Crippen molar-refractivity contribution in [3.63, 3.8) is 0 Å². The molecule has 0 atom stereocenters. The van der Waals surface area contributed by atoms with Gasteiger partial charge in [0.15, 0.2) is 0 Å². The molecular weight excluding hydrogens is 119 g/mol. The number of hydrogen-bond donors (Lipinski definition) is 0. The zero-order chi connectivity index (χ0) is 6.69. The summed E-state index contributed by atoms with van der Waals surface area (Å²) >= 11 is 0. The van der Waals surface area contributed by atoms with Crippen LogP contribution in [0.5, 0.6) is 5.75 Å². The molecular formula is C8H9LiO. The Labute approximate surface area is 73.6 Å². The van der Waals surface area contributed by atoms with Crippen molar-refractivity contribution in [2.45, 2.75) is 6.92 Å². The van der Waals surface area contributed by atoms with Gasteiger partial charge in [-0.2, -0.15) is 18.2 Å². The molecule has 0 unspecified atom stereocenters. The van der Waals surface area contributed by atoms with E-state index in [-0.39, 0.29) is 18.9 Å². The molecule has 0 fully saturated rings. The zero-order valence-corrected chi connectivity index (χ0v) is 6.64. The van der Waals surface area contributed by atoms with E-state index >= 15 is 0 Å². The van der Waals surface area contributed by atoms with Gasteiger partial charge < -0.3 is 4.74 Å². The van der Waals surface area contributed by atoms with Crippen LogP contribution in [-0.2, 0) is 0 Å². The summed E-state index contributed by atoms with van der Waals surface area (Å²) in [4.78, 5) is 0. The first-order valence-electron chi connectivity index (χ1n) is 2.85. The maximum atomic E-state index is 5.02. The monoisotopic (exact) mass is 128 g/mol. The molecule has 0 spiro atoms. The fraction of sp³-hybridized carbons (Fsp3) is 0.250. The predicted octanol–water partition coefficient (Wildman–Crippen LogP) is -1.19. The van der Waals surface area contributed by atoms with E-state index in [1.807, 2.05) is 25.1 Å². The minimum atomic E-state index is 0. The molecule has 0 aliphatic heterocycles. The first-order valence-corrected chi connectivity index (χ1v) is 2.85. The molecule has 1 aromatic carbocycles. The van der Waals surface area contributed by atoms with Gasteiger partial charge in [-0.1, -0.05) is 6.92 Å². The summed E-state index contributed by atoms with van der Waals surface area (Å²) in [5.74, 6) is 0.925. The molecule has 0 N–H and O–H groups in total. The van der Waals surface area contributed by atoms with Crippen molar-refractivity contribution in [2.24, 2.45) is 0 Å². The summed E-state index contributed by atoms with van der Waals surface area (Å²) < 4.78 is 5.02. The average Bonchev–Trinajstić information content (AvgIpc) is 1.89. The van der Waals surface area contributed by atoms with Gasteiger partial charge in [-0.05, 0) is 0 Å². The van der Waals surface area contributed by atoms with Crippen LogP contribution in [0.25, 0.3) is 0 Å². The van der Waals surface area contributed by atoms with Crippen molar-refractivity contribution in [3.8, 4) is 5.75 Å². The van der Waals surface area contributed by atoms with E-state index in [1.54, 1.807) is 7.11 Å². The minimum Gasteiger partial charge on any atom is -0.522 e. The molecule has 1 nitrogen and oxygen atoms in total. The van der Waals surface area contributed by atoms with Crippen molar-refractivity contribution < 1.29 is 23.6 Å². The summed E-state index contributed by atoms with van der Waals surface area (Å²) in [6.07, 6.45) is 0. The fourth-order valence-electron chi connectivity index (χ4n) is 0.729. The first-order chi connectivity index (χ1) is 4.34. The maximum Gasteiger partial charge on any atom is 1.00 e. The summed E-state index contributed by atoms with van der Waals surface area (Å²) in [6.45, 7) is 2.00. The molecule has 2 heteroatoms. The van der Waals surface area contributed by atoms with E-state index in [2.05, 4.69) is 6.07 Å². The van der Waals surface area contributed by atoms with Gasteiger partial charge in [0, 0.05) is 5.75 Å². The molecule has 10 heavy (non-hydrogen) atoms. The third-order valence-corrected chi connectivity index (χ3v) is 1.24. The third-order valence-electron chi connectivity index (χ3n) is 1.24. The van der Waals surface area contributed by atoms with Crippen LogP contribution < -0.4 is 23.6 Å². The van der Waals surface area contributed by atoms with Crippen molar-refractivity contribution >= 4 is 0 Å². The summed E-state index contributed by atoms with van der Waals surface area (Å²) in [6, 6.07) is 8.59. The van der Waals surface area contributed by atoms with Crippen LogP contribution in [0, 0.1) is 13.0 Å². The summed E-state index contributed by atoms with van der Waals surface area (Å²) in [5, 5.41) is 0. The SMILES string of the molecule is COc1cc[c-]cc1C.[Li+]. The molecule has 0 radical (unpaired) electrons. The maximum absolute atomic E-state index is 5.02. The van der Waals surface area contributed by atoms with E-state index in [1.165, 1.54) is 0 Å². The Morgan fingerprint density at radius 2 is 2.20 bits per heavy atom. The van der Waals surface area contributed by atoms with Crippen molar-refractivity contribution in [2.75, 3.05) is 7.11 Å². The van der Waals surface area contributed by atoms with Gasteiger partial charge in [-0.3, -0.25) is 0 Å². The molecule has 1 rings (SSSR count). The van der Waals surface area contributed by atoms with Crippen LogP contribution in [-0.4, -0.2) is 7.11 Å². The summed E-state index contributed by atoms with van der Waals surface area (Å²) in [5.41, 5.74) is 1.12. The number of methoxy groups -OCH3 is 1. The van der Waals surface area contributed by atoms with Gasteiger partial charge >= 0.3 is 18.9 Å². The third kappa shape index (κ3) is 2.10. The van der Waals surface area contributed by atoms with Gasteiger partial charge in [-0.15, -0.1) is 11.6 Å². The standard InChI is InChI=1S/C8H9O.Li/c1-7-5-3-4-6-8(7)9-2;/h4-6H,1-2H3;/q-1;+1. The van der Waals surface area contributed by atoms with Crippen LogP contribution >= 0.6 is 0 Å². The molecule has 0 aliphatic rings. The minimum absolute atomic E-state index is 0. The molecule has 0 bridgehead atoms.